The zero-order chi connectivity index (χ0) is 15.8. The first-order valence-electron chi connectivity index (χ1n) is 6.88. The van der Waals surface area contributed by atoms with Gasteiger partial charge in [-0.05, 0) is 41.1 Å². The molecule has 1 heterocycles. The summed E-state index contributed by atoms with van der Waals surface area (Å²) in [5.41, 5.74) is 1.49. The number of nitrogens with zero attached hydrogens (tertiary/aromatic N) is 1. The summed E-state index contributed by atoms with van der Waals surface area (Å²) in [4.78, 5) is 13.9. The van der Waals surface area contributed by atoms with Crippen molar-refractivity contribution >= 4 is 23.2 Å². The summed E-state index contributed by atoms with van der Waals surface area (Å²) >= 11 is 6.28. The van der Waals surface area contributed by atoms with Crippen molar-refractivity contribution in [1.82, 2.24) is 10.2 Å². The normalized spacial score (nSPS) is 17.9. The van der Waals surface area contributed by atoms with Crippen LogP contribution in [0.15, 0.2) is 12.1 Å². The molecule has 6 heteroatoms. The van der Waals surface area contributed by atoms with Crippen molar-refractivity contribution in [3.05, 3.63) is 22.7 Å². The van der Waals surface area contributed by atoms with Crippen LogP contribution in [-0.2, 0) is 4.79 Å². The van der Waals surface area contributed by atoms with E-state index in [1.165, 1.54) is 0 Å². The van der Waals surface area contributed by atoms with Gasteiger partial charge >= 0.3 is 0 Å². The Hall–Kier alpha value is -1.30. The van der Waals surface area contributed by atoms with Gasteiger partial charge in [0.25, 0.3) is 0 Å². The van der Waals surface area contributed by atoms with Crippen LogP contribution in [0, 0.1) is 0 Å². The zero-order valence-corrected chi connectivity index (χ0v) is 13.8. The Balaban J connectivity index is 2.21. The number of hydrogen-bond donors (Lipinski definition) is 2. The summed E-state index contributed by atoms with van der Waals surface area (Å²) in [6, 6.07) is 3.22. The summed E-state index contributed by atoms with van der Waals surface area (Å²) < 4.78 is 5.85. The van der Waals surface area contributed by atoms with E-state index in [0.717, 1.165) is 11.3 Å². The second-order valence-electron chi connectivity index (χ2n) is 6.08. The highest BCUT2D eigenvalue weighted by molar-refractivity contribution is 6.32. The molecule has 0 aromatic heterocycles. The van der Waals surface area contributed by atoms with E-state index in [1.54, 1.807) is 19.2 Å². The standard InChI is InChI=1S/C15H22ClN3O2/c1-15(2,19(4)5)8-21-12-7-11-9(6-10(12)16)13(17-3)14(20)18-11/h6-7,13,17H,8H2,1-5H3,(H,18,20). The molecule has 0 spiro atoms. The average Bonchev–Trinajstić information content (AvgIpc) is 2.70. The molecule has 2 rings (SSSR count). The van der Waals surface area contributed by atoms with Gasteiger partial charge in [0.15, 0.2) is 0 Å². The number of ether oxygens (including phenoxy) is 1. The van der Waals surface area contributed by atoms with Gasteiger partial charge in [0.1, 0.15) is 18.4 Å². The highest BCUT2D eigenvalue weighted by atomic mass is 35.5. The molecular formula is C15H22ClN3O2. The number of rotatable bonds is 5. The molecule has 0 saturated carbocycles. The van der Waals surface area contributed by atoms with E-state index in [2.05, 4.69) is 29.4 Å². The van der Waals surface area contributed by atoms with E-state index >= 15 is 0 Å². The predicted octanol–water partition coefficient (Wildman–Crippen LogP) is 2.27. The second-order valence-corrected chi connectivity index (χ2v) is 6.48. The van der Waals surface area contributed by atoms with Gasteiger partial charge in [0.2, 0.25) is 5.91 Å². The lowest BCUT2D eigenvalue weighted by molar-refractivity contribution is -0.117. The minimum absolute atomic E-state index is 0.0747. The molecule has 0 bridgehead atoms. The van der Waals surface area contributed by atoms with Crippen LogP contribution >= 0.6 is 11.6 Å². The quantitative estimate of drug-likeness (QED) is 0.876. The van der Waals surface area contributed by atoms with Crippen LogP contribution in [0.2, 0.25) is 5.02 Å². The monoisotopic (exact) mass is 311 g/mol. The first-order chi connectivity index (χ1) is 9.76. The van der Waals surface area contributed by atoms with Gasteiger partial charge < -0.3 is 20.3 Å². The molecule has 5 nitrogen and oxygen atoms in total. The van der Waals surface area contributed by atoms with Crippen LogP contribution in [0.5, 0.6) is 5.75 Å². The number of hydrogen-bond acceptors (Lipinski definition) is 4. The van der Waals surface area contributed by atoms with E-state index in [1.807, 2.05) is 14.1 Å². The van der Waals surface area contributed by atoms with Crippen LogP contribution < -0.4 is 15.4 Å². The van der Waals surface area contributed by atoms with Crippen LogP contribution in [0.4, 0.5) is 5.69 Å². The molecule has 1 unspecified atom stereocenters. The maximum absolute atomic E-state index is 11.8. The predicted molar refractivity (Wildman–Crippen MR) is 85.1 cm³/mol. The van der Waals surface area contributed by atoms with E-state index < -0.39 is 0 Å². The number of anilines is 1. The van der Waals surface area contributed by atoms with Gasteiger partial charge in [0, 0.05) is 22.9 Å². The fraction of sp³-hybridized carbons (Fsp3) is 0.533. The third-order valence-electron chi connectivity index (χ3n) is 4.02. The molecule has 21 heavy (non-hydrogen) atoms. The fourth-order valence-corrected chi connectivity index (χ4v) is 2.27. The average molecular weight is 312 g/mol. The first kappa shape index (κ1) is 16.1. The molecule has 1 amide bonds. The minimum atomic E-state index is -0.357. The topological polar surface area (TPSA) is 53.6 Å². The zero-order valence-electron chi connectivity index (χ0n) is 13.1. The number of carbonyl (C=O) groups excluding carboxylic acids is 1. The summed E-state index contributed by atoms with van der Waals surface area (Å²) in [7, 11) is 5.76. The number of carbonyl (C=O) groups is 1. The Morgan fingerprint density at radius 3 is 2.67 bits per heavy atom. The Bertz CT molecular complexity index is 558. The molecule has 1 atom stereocenters. The summed E-state index contributed by atoms with van der Waals surface area (Å²) in [5, 5.41) is 6.32. The molecule has 1 aromatic carbocycles. The molecule has 1 aliphatic rings. The highest BCUT2D eigenvalue weighted by Gasteiger charge is 2.31. The van der Waals surface area contributed by atoms with Crippen LogP contribution in [0.25, 0.3) is 0 Å². The van der Waals surface area contributed by atoms with Crippen LogP contribution in [0.1, 0.15) is 25.5 Å². The third kappa shape index (κ3) is 3.15. The summed E-state index contributed by atoms with van der Waals surface area (Å²) in [6.45, 7) is 4.68. The molecule has 1 aromatic rings. The number of halogens is 1. The van der Waals surface area contributed by atoms with E-state index in [9.17, 15) is 4.79 Å². The van der Waals surface area contributed by atoms with Gasteiger partial charge in [0.05, 0.1) is 5.02 Å². The minimum Gasteiger partial charge on any atom is -0.490 e. The molecule has 0 radical (unpaired) electrons. The number of likely N-dealkylation sites (N-methyl/N-ethyl adjacent to an activating group) is 2. The molecule has 116 valence electrons. The van der Waals surface area contributed by atoms with E-state index in [4.69, 9.17) is 16.3 Å². The molecule has 2 N–H and O–H groups in total. The van der Waals surface area contributed by atoms with Crippen molar-refractivity contribution in [2.75, 3.05) is 33.1 Å². The van der Waals surface area contributed by atoms with E-state index in [0.29, 0.717) is 17.4 Å². The maximum Gasteiger partial charge on any atom is 0.246 e. The van der Waals surface area contributed by atoms with Crippen molar-refractivity contribution in [3.8, 4) is 5.75 Å². The summed E-state index contributed by atoms with van der Waals surface area (Å²) in [6.07, 6.45) is 0. The summed E-state index contributed by atoms with van der Waals surface area (Å²) in [5.74, 6) is 0.511. The van der Waals surface area contributed by atoms with Gasteiger partial charge in [-0.15, -0.1) is 0 Å². The number of fused-ring (bicyclic) bond motifs is 1. The second kappa shape index (κ2) is 5.83. The largest absolute Gasteiger partial charge is 0.490 e. The Kier molecular flexibility index (Phi) is 4.46. The Labute approximate surface area is 130 Å². The lowest BCUT2D eigenvalue weighted by Crippen LogP contribution is -2.43. The fourth-order valence-electron chi connectivity index (χ4n) is 2.04. The molecule has 1 aliphatic heterocycles. The Morgan fingerprint density at radius 2 is 2.10 bits per heavy atom. The number of amides is 1. The van der Waals surface area contributed by atoms with Crippen molar-refractivity contribution in [2.24, 2.45) is 0 Å². The van der Waals surface area contributed by atoms with Crippen LogP contribution in [-0.4, -0.2) is 44.1 Å². The smallest absolute Gasteiger partial charge is 0.246 e. The lowest BCUT2D eigenvalue weighted by Gasteiger charge is -2.32. The molecular weight excluding hydrogens is 290 g/mol. The van der Waals surface area contributed by atoms with Gasteiger partial charge in [-0.25, -0.2) is 0 Å². The van der Waals surface area contributed by atoms with E-state index in [-0.39, 0.29) is 17.5 Å². The lowest BCUT2D eigenvalue weighted by atomic mass is 10.1. The number of benzene rings is 1. The van der Waals surface area contributed by atoms with Gasteiger partial charge in [-0.3, -0.25) is 4.79 Å². The van der Waals surface area contributed by atoms with Gasteiger partial charge in [-0.2, -0.15) is 0 Å². The number of nitrogens with one attached hydrogen (secondary N) is 2. The SMILES string of the molecule is CNC1C(=O)Nc2cc(OCC(C)(C)N(C)C)c(Cl)cc21. The van der Waals surface area contributed by atoms with Crippen LogP contribution in [0.3, 0.4) is 0 Å². The van der Waals surface area contributed by atoms with Crippen molar-refractivity contribution in [2.45, 2.75) is 25.4 Å². The maximum atomic E-state index is 11.8. The first-order valence-corrected chi connectivity index (χ1v) is 7.26. The molecule has 0 saturated heterocycles. The van der Waals surface area contributed by atoms with Crippen molar-refractivity contribution < 1.29 is 9.53 Å². The van der Waals surface area contributed by atoms with Crippen molar-refractivity contribution in [1.29, 1.82) is 0 Å². The van der Waals surface area contributed by atoms with Crippen molar-refractivity contribution in [3.63, 3.8) is 0 Å². The highest BCUT2D eigenvalue weighted by Crippen LogP contribution is 2.38. The molecule has 0 fully saturated rings. The van der Waals surface area contributed by atoms with Gasteiger partial charge in [-0.1, -0.05) is 11.6 Å². The third-order valence-corrected chi connectivity index (χ3v) is 4.31. The Morgan fingerprint density at radius 1 is 1.43 bits per heavy atom. The molecule has 0 aliphatic carbocycles.